The average molecular weight is 421 g/mol. The van der Waals surface area contributed by atoms with Gasteiger partial charge in [-0.05, 0) is 55.0 Å². The van der Waals surface area contributed by atoms with Crippen molar-refractivity contribution in [3.8, 4) is 0 Å². The minimum absolute atomic E-state index is 0.146. The highest BCUT2D eigenvalue weighted by Gasteiger charge is 2.16. The van der Waals surface area contributed by atoms with E-state index in [4.69, 9.17) is 16.0 Å². The fourth-order valence-electron chi connectivity index (χ4n) is 2.29. The molecule has 1 aromatic carbocycles. The first-order chi connectivity index (χ1) is 13.0. The van der Waals surface area contributed by atoms with Crippen molar-refractivity contribution >= 4 is 51.5 Å². The molecule has 0 fully saturated rings. The quantitative estimate of drug-likeness (QED) is 0.413. The number of thiophene rings is 1. The van der Waals surface area contributed by atoms with Crippen molar-refractivity contribution in [1.82, 2.24) is 5.32 Å². The maximum absolute atomic E-state index is 12.4. The maximum atomic E-state index is 12.4. The number of hydrogen-bond donors (Lipinski definition) is 2. The Labute approximate surface area is 170 Å². The van der Waals surface area contributed by atoms with E-state index in [-0.39, 0.29) is 17.6 Å². The Balaban J connectivity index is 1.50. The van der Waals surface area contributed by atoms with Gasteiger partial charge in [0.05, 0.1) is 16.1 Å². The van der Waals surface area contributed by atoms with Crippen LogP contribution in [-0.4, -0.2) is 24.1 Å². The summed E-state index contributed by atoms with van der Waals surface area (Å²) in [5, 5.41) is 6.96. The van der Waals surface area contributed by atoms with Crippen molar-refractivity contribution in [2.75, 3.05) is 17.6 Å². The van der Waals surface area contributed by atoms with Crippen LogP contribution < -0.4 is 10.6 Å². The lowest BCUT2D eigenvalue weighted by Crippen LogP contribution is -2.25. The number of thioether (sulfide) groups is 1. The number of anilines is 1. The highest BCUT2D eigenvalue weighted by atomic mass is 35.5. The van der Waals surface area contributed by atoms with Gasteiger partial charge in [-0.1, -0.05) is 11.6 Å². The van der Waals surface area contributed by atoms with E-state index >= 15 is 0 Å². The molecule has 0 atom stereocenters. The predicted molar refractivity (Wildman–Crippen MR) is 110 cm³/mol. The second-order valence-electron chi connectivity index (χ2n) is 5.61. The molecule has 2 N–H and O–H groups in total. The molecule has 5 nitrogen and oxygen atoms in total. The van der Waals surface area contributed by atoms with Crippen LogP contribution in [0.5, 0.6) is 0 Å². The fraction of sp³-hybridized carbons (Fsp3) is 0.158. The minimum atomic E-state index is -0.340. The first kappa shape index (κ1) is 19.5. The van der Waals surface area contributed by atoms with Crippen molar-refractivity contribution in [2.45, 2.75) is 11.8 Å². The molecule has 3 rings (SSSR count). The molecule has 0 aliphatic carbocycles. The van der Waals surface area contributed by atoms with Gasteiger partial charge in [0.25, 0.3) is 11.8 Å². The molecule has 8 heteroatoms. The number of amides is 2. The van der Waals surface area contributed by atoms with E-state index in [9.17, 15) is 9.59 Å². The van der Waals surface area contributed by atoms with E-state index in [1.54, 1.807) is 30.0 Å². The Morgan fingerprint density at radius 2 is 1.96 bits per heavy atom. The first-order valence-corrected chi connectivity index (χ1v) is 10.3. The standard InChI is InChI=1S/C19H17ClN2O3S2/c1-12-11-16(22-18(23)15-3-2-9-25-15)27-17(12)19(24)21-8-10-26-14-6-4-13(20)5-7-14/h2-7,9,11H,8,10H2,1H3,(H,21,24)(H,22,23). The summed E-state index contributed by atoms with van der Waals surface area (Å²) in [6.45, 7) is 2.38. The molecule has 2 amide bonds. The van der Waals surface area contributed by atoms with Crippen molar-refractivity contribution in [3.63, 3.8) is 0 Å². The normalized spacial score (nSPS) is 10.6. The van der Waals surface area contributed by atoms with Gasteiger partial charge < -0.3 is 15.1 Å². The first-order valence-electron chi connectivity index (χ1n) is 8.15. The highest BCUT2D eigenvalue weighted by molar-refractivity contribution is 7.99. The zero-order valence-corrected chi connectivity index (χ0v) is 16.8. The van der Waals surface area contributed by atoms with Crippen molar-refractivity contribution < 1.29 is 14.0 Å². The van der Waals surface area contributed by atoms with Crippen LogP contribution in [0, 0.1) is 6.92 Å². The van der Waals surface area contributed by atoms with Gasteiger partial charge in [0, 0.05) is 22.2 Å². The third kappa shape index (κ3) is 5.38. The summed E-state index contributed by atoms with van der Waals surface area (Å²) >= 11 is 8.75. The van der Waals surface area contributed by atoms with Crippen LogP contribution in [0.15, 0.2) is 58.0 Å². The predicted octanol–water partition coefficient (Wildman–Crippen LogP) is 5.08. The molecule has 2 aromatic heterocycles. The Morgan fingerprint density at radius 1 is 1.19 bits per heavy atom. The van der Waals surface area contributed by atoms with Crippen LogP contribution in [0.3, 0.4) is 0 Å². The number of furan rings is 1. The van der Waals surface area contributed by atoms with E-state index in [2.05, 4.69) is 10.6 Å². The molecule has 0 unspecified atom stereocenters. The molecule has 140 valence electrons. The molecular formula is C19H17ClN2O3S2. The molecule has 0 spiro atoms. The van der Waals surface area contributed by atoms with Gasteiger partial charge in [-0.25, -0.2) is 0 Å². The summed E-state index contributed by atoms with van der Waals surface area (Å²) in [5.41, 5.74) is 0.817. The number of rotatable bonds is 7. The van der Waals surface area contributed by atoms with Gasteiger partial charge in [-0.15, -0.1) is 23.1 Å². The second-order valence-corrected chi connectivity index (χ2v) is 8.27. The van der Waals surface area contributed by atoms with Crippen LogP contribution in [0.2, 0.25) is 5.02 Å². The Bertz CT molecular complexity index is 921. The summed E-state index contributed by atoms with van der Waals surface area (Å²) < 4.78 is 5.06. The lowest BCUT2D eigenvalue weighted by Gasteiger charge is -2.05. The molecule has 27 heavy (non-hydrogen) atoms. The molecule has 0 saturated heterocycles. The third-order valence-corrected chi connectivity index (χ3v) is 5.99. The Hall–Kier alpha value is -2.22. The summed E-state index contributed by atoms with van der Waals surface area (Å²) in [7, 11) is 0. The number of benzene rings is 1. The smallest absolute Gasteiger partial charge is 0.291 e. The Morgan fingerprint density at radius 3 is 2.67 bits per heavy atom. The molecule has 0 aliphatic rings. The maximum Gasteiger partial charge on any atom is 0.291 e. The van der Waals surface area contributed by atoms with Crippen LogP contribution in [0.4, 0.5) is 5.00 Å². The van der Waals surface area contributed by atoms with Gasteiger partial charge in [-0.3, -0.25) is 9.59 Å². The molecule has 0 aliphatic heterocycles. The number of aryl methyl sites for hydroxylation is 1. The van der Waals surface area contributed by atoms with Crippen molar-refractivity contribution in [1.29, 1.82) is 0 Å². The number of carbonyl (C=O) groups is 2. The lowest BCUT2D eigenvalue weighted by molar-refractivity contribution is 0.0958. The molecule has 2 heterocycles. The third-order valence-electron chi connectivity index (χ3n) is 3.58. The summed E-state index contributed by atoms with van der Waals surface area (Å²) in [4.78, 5) is 26.1. The largest absolute Gasteiger partial charge is 0.459 e. The molecule has 0 radical (unpaired) electrons. The minimum Gasteiger partial charge on any atom is -0.459 e. The lowest BCUT2D eigenvalue weighted by atomic mass is 10.3. The summed E-state index contributed by atoms with van der Waals surface area (Å²) in [6, 6.07) is 12.6. The molecule has 0 saturated carbocycles. The zero-order valence-electron chi connectivity index (χ0n) is 14.5. The van der Waals surface area contributed by atoms with Gasteiger partial charge in [0.2, 0.25) is 0 Å². The van der Waals surface area contributed by atoms with E-state index in [0.29, 0.717) is 21.4 Å². The number of nitrogens with one attached hydrogen (secondary N) is 2. The fourth-order valence-corrected chi connectivity index (χ4v) is 4.17. The Kier molecular flexibility index (Phi) is 6.60. The van der Waals surface area contributed by atoms with Gasteiger partial charge in [0.15, 0.2) is 5.76 Å². The average Bonchev–Trinajstić information content (AvgIpc) is 3.30. The number of halogens is 1. The van der Waals surface area contributed by atoms with Gasteiger partial charge in [0.1, 0.15) is 0 Å². The highest BCUT2D eigenvalue weighted by Crippen LogP contribution is 2.27. The summed E-state index contributed by atoms with van der Waals surface area (Å²) in [6.07, 6.45) is 1.44. The number of carbonyl (C=O) groups excluding carboxylic acids is 2. The van der Waals surface area contributed by atoms with E-state index in [1.807, 2.05) is 31.2 Å². The monoisotopic (exact) mass is 420 g/mol. The summed E-state index contributed by atoms with van der Waals surface area (Å²) in [5.74, 6) is 0.492. The van der Waals surface area contributed by atoms with Crippen LogP contribution in [0.25, 0.3) is 0 Å². The van der Waals surface area contributed by atoms with Gasteiger partial charge >= 0.3 is 0 Å². The molecule has 3 aromatic rings. The SMILES string of the molecule is Cc1cc(NC(=O)c2ccco2)sc1C(=O)NCCSc1ccc(Cl)cc1. The van der Waals surface area contributed by atoms with E-state index < -0.39 is 0 Å². The van der Waals surface area contributed by atoms with E-state index in [0.717, 1.165) is 16.2 Å². The second kappa shape index (κ2) is 9.12. The molecule has 0 bridgehead atoms. The van der Waals surface area contributed by atoms with Gasteiger partial charge in [-0.2, -0.15) is 0 Å². The van der Waals surface area contributed by atoms with E-state index in [1.165, 1.54) is 17.6 Å². The van der Waals surface area contributed by atoms with Crippen molar-refractivity contribution in [3.05, 3.63) is 70.0 Å². The van der Waals surface area contributed by atoms with Crippen molar-refractivity contribution in [2.24, 2.45) is 0 Å². The van der Waals surface area contributed by atoms with Crippen LogP contribution in [-0.2, 0) is 0 Å². The zero-order chi connectivity index (χ0) is 19.2. The van der Waals surface area contributed by atoms with Crippen LogP contribution in [0.1, 0.15) is 25.8 Å². The number of hydrogen-bond acceptors (Lipinski definition) is 5. The topological polar surface area (TPSA) is 71.3 Å². The van der Waals surface area contributed by atoms with Crippen LogP contribution >= 0.6 is 34.7 Å². The molecular weight excluding hydrogens is 404 g/mol.